The lowest BCUT2D eigenvalue weighted by Crippen LogP contribution is -2.05. The highest BCUT2D eigenvalue weighted by molar-refractivity contribution is 6.31. The first-order valence-electron chi connectivity index (χ1n) is 5.82. The molecule has 1 aromatic heterocycles. The van der Waals surface area contributed by atoms with E-state index < -0.39 is 0 Å². The summed E-state index contributed by atoms with van der Waals surface area (Å²) in [7, 11) is 0. The molecule has 0 radical (unpaired) electrons. The molecule has 0 atom stereocenters. The number of halogens is 1. The Balaban J connectivity index is 2.07. The number of aromatic nitrogens is 2. The highest BCUT2D eigenvalue weighted by atomic mass is 35.5. The third-order valence-corrected chi connectivity index (χ3v) is 3.36. The number of aryl methyl sites for hydroxylation is 5. The van der Waals surface area contributed by atoms with Crippen LogP contribution < -0.4 is 0 Å². The molecule has 2 rings (SSSR count). The van der Waals surface area contributed by atoms with Gasteiger partial charge in [-0.15, -0.1) is 0 Å². The van der Waals surface area contributed by atoms with Gasteiger partial charge in [0.2, 0.25) is 0 Å². The van der Waals surface area contributed by atoms with Crippen LogP contribution in [-0.2, 0) is 13.0 Å². The normalized spacial score (nSPS) is 10.8. The van der Waals surface area contributed by atoms with E-state index in [9.17, 15) is 0 Å². The van der Waals surface area contributed by atoms with Gasteiger partial charge < -0.3 is 0 Å². The van der Waals surface area contributed by atoms with Gasteiger partial charge in [-0.1, -0.05) is 23.7 Å². The Bertz CT molecular complexity index is 529. The highest BCUT2D eigenvalue weighted by Gasteiger charge is 2.02. The standard InChI is InChI=1S/C14H17ClN2/c1-10-4-5-13(9-14(10)15)6-7-17-12(3)8-11(2)16-17/h4-5,8-9H,6-7H2,1-3H3. The molecule has 2 aromatic rings. The van der Waals surface area contributed by atoms with Crippen molar-refractivity contribution in [2.24, 2.45) is 0 Å². The highest BCUT2D eigenvalue weighted by Crippen LogP contribution is 2.17. The molecule has 0 saturated carbocycles. The van der Waals surface area contributed by atoms with E-state index in [4.69, 9.17) is 11.6 Å². The van der Waals surface area contributed by atoms with Crippen molar-refractivity contribution >= 4 is 11.6 Å². The second kappa shape index (κ2) is 4.92. The first-order chi connectivity index (χ1) is 8.06. The Hall–Kier alpha value is -1.28. The first-order valence-corrected chi connectivity index (χ1v) is 6.20. The molecule has 2 nitrogen and oxygen atoms in total. The Morgan fingerprint density at radius 3 is 2.53 bits per heavy atom. The van der Waals surface area contributed by atoms with E-state index in [1.54, 1.807) is 0 Å². The van der Waals surface area contributed by atoms with Crippen LogP contribution in [0.2, 0.25) is 5.02 Å². The topological polar surface area (TPSA) is 17.8 Å². The van der Waals surface area contributed by atoms with Crippen LogP contribution in [0, 0.1) is 20.8 Å². The van der Waals surface area contributed by atoms with Crippen molar-refractivity contribution in [1.29, 1.82) is 0 Å². The van der Waals surface area contributed by atoms with Crippen LogP contribution in [0.15, 0.2) is 24.3 Å². The molecule has 0 fully saturated rings. The molecule has 0 unspecified atom stereocenters. The molecule has 90 valence electrons. The summed E-state index contributed by atoms with van der Waals surface area (Å²) in [6.45, 7) is 7.03. The minimum absolute atomic E-state index is 0.843. The lowest BCUT2D eigenvalue weighted by atomic mass is 10.1. The van der Waals surface area contributed by atoms with Crippen molar-refractivity contribution in [3.63, 3.8) is 0 Å². The lowest BCUT2D eigenvalue weighted by Gasteiger charge is -2.06. The van der Waals surface area contributed by atoms with Gasteiger partial charge in [0.05, 0.1) is 5.69 Å². The maximum absolute atomic E-state index is 6.11. The fourth-order valence-corrected chi connectivity index (χ4v) is 2.13. The summed E-state index contributed by atoms with van der Waals surface area (Å²) in [6.07, 6.45) is 0.960. The van der Waals surface area contributed by atoms with E-state index in [0.717, 1.165) is 29.2 Å². The van der Waals surface area contributed by atoms with Crippen LogP contribution >= 0.6 is 11.6 Å². The number of rotatable bonds is 3. The van der Waals surface area contributed by atoms with Crippen LogP contribution in [0.5, 0.6) is 0 Å². The Kier molecular flexibility index (Phi) is 3.53. The van der Waals surface area contributed by atoms with Crippen molar-refractivity contribution in [1.82, 2.24) is 9.78 Å². The number of hydrogen-bond donors (Lipinski definition) is 0. The van der Waals surface area contributed by atoms with Gasteiger partial charge in [0.15, 0.2) is 0 Å². The molecule has 0 amide bonds. The third kappa shape index (κ3) is 2.89. The average Bonchev–Trinajstić information content (AvgIpc) is 2.59. The van der Waals surface area contributed by atoms with Gasteiger partial charge in [0, 0.05) is 17.3 Å². The molecule has 0 aliphatic carbocycles. The molecular formula is C14H17ClN2. The van der Waals surface area contributed by atoms with Gasteiger partial charge >= 0.3 is 0 Å². The maximum atomic E-state index is 6.11. The monoisotopic (exact) mass is 248 g/mol. The molecule has 1 aromatic carbocycles. The summed E-state index contributed by atoms with van der Waals surface area (Å²) >= 11 is 6.11. The molecule has 1 heterocycles. The smallest absolute Gasteiger partial charge is 0.0596 e. The van der Waals surface area contributed by atoms with Crippen LogP contribution in [0.4, 0.5) is 0 Å². The van der Waals surface area contributed by atoms with Gasteiger partial charge in [-0.2, -0.15) is 5.10 Å². The summed E-state index contributed by atoms with van der Waals surface area (Å²) in [5.41, 5.74) is 4.67. The van der Waals surface area contributed by atoms with Crippen LogP contribution in [0.1, 0.15) is 22.5 Å². The minimum atomic E-state index is 0.843. The molecule has 17 heavy (non-hydrogen) atoms. The predicted octanol–water partition coefficient (Wildman–Crippen LogP) is 3.70. The minimum Gasteiger partial charge on any atom is -0.269 e. The van der Waals surface area contributed by atoms with E-state index >= 15 is 0 Å². The zero-order valence-corrected chi connectivity index (χ0v) is 11.3. The van der Waals surface area contributed by atoms with Crippen LogP contribution in [-0.4, -0.2) is 9.78 Å². The second-order valence-corrected chi connectivity index (χ2v) is 4.89. The average molecular weight is 249 g/mol. The molecule has 0 aliphatic rings. The molecule has 0 bridgehead atoms. The number of benzene rings is 1. The van der Waals surface area contributed by atoms with Crippen molar-refractivity contribution in [3.05, 3.63) is 51.8 Å². The van der Waals surface area contributed by atoms with Crippen LogP contribution in [0.25, 0.3) is 0 Å². The van der Waals surface area contributed by atoms with E-state index in [0.29, 0.717) is 0 Å². The summed E-state index contributed by atoms with van der Waals surface area (Å²) in [5.74, 6) is 0. The zero-order valence-electron chi connectivity index (χ0n) is 10.5. The Morgan fingerprint density at radius 1 is 1.18 bits per heavy atom. The van der Waals surface area contributed by atoms with E-state index in [1.807, 2.05) is 24.6 Å². The summed E-state index contributed by atoms with van der Waals surface area (Å²) in [4.78, 5) is 0. The maximum Gasteiger partial charge on any atom is 0.0596 e. The summed E-state index contributed by atoms with van der Waals surface area (Å²) in [5, 5.41) is 5.29. The number of nitrogens with zero attached hydrogens (tertiary/aromatic N) is 2. The van der Waals surface area contributed by atoms with E-state index in [2.05, 4.69) is 30.2 Å². The Morgan fingerprint density at radius 2 is 1.94 bits per heavy atom. The quantitative estimate of drug-likeness (QED) is 0.810. The van der Waals surface area contributed by atoms with E-state index in [1.165, 1.54) is 11.3 Å². The zero-order chi connectivity index (χ0) is 12.4. The summed E-state index contributed by atoms with van der Waals surface area (Å²) in [6, 6.07) is 8.34. The third-order valence-electron chi connectivity index (χ3n) is 2.95. The first kappa shape index (κ1) is 12.2. The summed E-state index contributed by atoms with van der Waals surface area (Å²) < 4.78 is 2.04. The lowest BCUT2D eigenvalue weighted by molar-refractivity contribution is 0.594. The Labute approximate surface area is 107 Å². The molecular weight excluding hydrogens is 232 g/mol. The molecule has 0 N–H and O–H groups in total. The predicted molar refractivity (Wildman–Crippen MR) is 71.6 cm³/mol. The fourth-order valence-electron chi connectivity index (χ4n) is 1.93. The van der Waals surface area contributed by atoms with Gasteiger partial charge in [-0.25, -0.2) is 0 Å². The largest absolute Gasteiger partial charge is 0.269 e. The van der Waals surface area contributed by atoms with Crippen molar-refractivity contribution in [3.8, 4) is 0 Å². The van der Waals surface area contributed by atoms with Crippen LogP contribution in [0.3, 0.4) is 0 Å². The van der Waals surface area contributed by atoms with Gasteiger partial charge in [0.1, 0.15) is 0 Å². The van der Waals surface area contributed by atoms with Crippen molar-refractivity contribution in [2.75, 3.05) is 0 Å². The van der Waals surface area contributed by atoms with Crippen molar-refractivity contribution < 1.29 is 0 Å². The fraction of sp³-hybridized carbons (Fsp3) is 0.357. The SMILES string of the molecule is Cc1cc(C)n(CCc2ccc(C)c(Cl)c2)n1. The molecule has 0 spiro atoms. The number of hydrogen-bond acceptors (Lipinski definition) is 1. The second-order valence-electron chi connectivity index (χ2n) is 4.48. The molecule has 3 heteroatoms. The van der Waals surface area contributed by atoms with Gasteiger partial charge in [-0.3, -0.25) is 4.68 Å². The molecule has 0 aliphatic heterocycles. The van der Waals surface area contributed by atoms with Crippen molar-refractivity contribution in [2.45, 2.75) is 33.7 Å². The molecule has 0 saturated heterocycles. The van der Waals surface area contributed by atoms with E-state index in [-0.39, 0.29) is 0 Å². The van der Waals surface area contributed by atoms with Gasteiger partial charge in [0.25, 0.3) is 0 Å². The van der Waals surface area contributed by atoms with Gasteiger partial charge in [-0.05, 0) is 50.5 Å².